The lowest BCUT2D eigenvalue weighted by molar-refractivity contribution is -0.122. The zero-order chi connectivity index (χ0) is 33.4. The normalized spacial score (nSPS) is 16.0. The lowest BCUT2D eigenvalue weighted by Gasteiger charge is -2.12. The van der Waals surface area contributed by atoms with Gasteiger partial charge < -0.3 is 10.6 Å². The summed E-state index contributed by atoms with van der Waals surface area (Å²) < 4.78 is 56.9. The Morgan fingerprint density at radius 1 is 0.565 bits per heavy atom. The van der Waals surface area contributed by atoms with Crippen LogP contribution in [0.5, 0.6) is 0 Å². The predicted molar refractivity (Wildman–Crippen MR) is 181 cm³/mol. The van der Waals surface area contributed by atoms with Crippen LogP contribution in [0.3, 0.4) is 0 Å². The molecule has 4 aromatic carbocycles. The Morgan fingerprint density at radius 2 is 0.957 bits per heavy atom. The highest BCUT2D eigenvalue weighted by Crippen LogP contribution is 2.46. The van der Waals surface area contributed by atoms with E-state index in [0.29, 0.717) is 15.6 Å². The summed E-state index contributed by atoms with van der Waals surface area (Å²) in [5.41, 5.74) is 0.954. The summed E-state index contributed by atoms with van der Waals surface area (Å²) in [6.45, 7) is 3.81. The second kappa shape index (κ2) is 13.1. The first kappa shape index (κ1) is 33.6. The molecule has 2 unspecified atom stereocenters. The SMILES string of the molecule is C=C1C(C(=O)Nc2ccc(Cl)c(S(=O)(=O)Nc3cccc(Cl)c3)c2)C1C(=O)Nc1ccc(Cl)c(S(=O)(=O)Nc2cccc(Cl)c2)c1. The van der Waals surface area contributed by atoms with Crippen LogP contribution in [0.2, 0.25) is 20.1 Å². The second-order valence-corrected chi connectivity index (χ2v) is 15.0. The largest absolute Gasteiger partial charge is 0.325 e. The van der Waals surface area contributed by atoms with Crippen molar-refractivity contribution >= 4 is 101 Å². The summed E-state index contributed by atoms with van der Waals surface area (Å²) in [6, 6.07) is 20.0. The molecule has 0 aliphatic heterocycles. The van der Waals surface area contributed by atoms with Crippen LogP contribution in [0.15, 0.2) is 107 Å². The summed E-state index contributed by atoms with van der Waals surface area (Å²) in [7, 11) is -8.33. The number of nitrogens with one attached hydrogen (secondary N) is 4. The van der Waals surface area contributed by atoms with Crippen LogP contribution in [0.4, 0.5) is 22.7 Å². The maximum Gasteiger partial charge on any atom is 0.263 e. The van der Waals surface area contributed by atoms with Gasteiger partial charge in [-0.1, -0.05) is 70.7 Å². The van der Waals surface area contributed by atoms with Gasteiger partial charge in [-0.15, -0.1) is 0 Å². The van der Waals surface area contributed by atoms with Crippen LogP contribution < -0.4 is 20.1 Å². The molecule has 1 aliphatic carbocycles. The summed E-state index contributed by atoms with van der Waals surface area (Å²) >= 11 is 24.2. The Balaban J connectivity index is 1.26. The third-order valence-electron chi connectivity index (χ3n) is 6.72. The van der Waals surface area contributed by atoms with Gasteiger partial charge in [0.2, 0.25) is 11.8 Å². The van der Waals surface area contributed by atoms with Crippen LogP contribution in [0.25, 0.3) is 0 Å². The maximum atomic E-state index is 13.1. The maximum absolute atomic E-state index is 13.1. The van der Waals surface area contributed by atoms with Gasteiger partial charge in [-0.25, -0.2) is 16.8 Å². The molecule has 1 fully saturated rings. The molecule has 0 heterocycles. The van der Waals surface area contributed by atoms with Crippen LogP contribution in [-0.4, -0.2) is 28.6 Å². The van der Waals surface area contributed by atoms with Crippen molar-refractivity contribution in [2.24, 2.45) is 11.8 Å². The van der Waals surface area contributed by atoms with Crippen molar-refractivity contribution in [3.63, 3.8) is 0 Å². The Bertz CT molecular complexity index is 1980. The summed E-state index contributed by atoms with van der Waals surface area (Å²) in [5.74, 6) is -3.08. The van der Waals surface area contributed by atoms with Crippen molar-refractivity contribution in [3.8, 4) is 0 Å². The molecule has 1 saturated carbocycles. The molecule has 0 radical (unpaired) electrons. The molecule has 0 spiro atoms. The highest BCUT2D eigenvalue weighted by atomic mass is 35.5. The molecule has 46 heavy (non-hydrogen) atoms. The quantitative estimate of drug-likeness (QED) is 0.126. The Labute approximate surface area is 284 Å². The molecule has 1 aliphatic rings. The highest BCUT2D eigenvalue weighted by molar-refractivity contribution is 7.93. The van der Waals surface area contributed by atoms with Gasteiger partial charge >= 0.3 is 0 Å². The highest BCUT2D eigenvalue weighted by Gasteiger charge is 2.52. The first-order chi connectivity index (χ1) is 21.6. The average Bonchev–Trinajstić information content (AvgIpc) is 3.65. The fourth-order valence-electron chi connectivity index (χ4n) is 4.49. The number of hydrogen-bond acceptors (Lipinski definition) is 6. The third-order valence-corrected chi connectivity index (χ3v) is 10.9. The van der Waals surface area contributed by atoms with Gasteiger partial charge in [0.1, 0.15) is 9.79 Å². The zero-order valence-corrected chi connectivity index (χ0v) is 27.9. The number of hydrogen-bond donors (Lipinski definition) is 4. The van der Waals surface area contributed by atoms with E-state index in [4.69, 9.17) is 46.4 Å². The van der Waals surface area contributed by atoms with Crippen LogP contribution in [0.1, 0.15) is 0 Å². The van der Waals surface area contributed by atoms with Crippen LogP contribution >= 0.6 is 46.4 Å². The van der Waals surface area contributed by atoms with Gasteiger partial charge in [0.05, 0.1) is 33.3 Å². The van der Waals surface area contributed by atoms with E-state index < -0.39 is 43.7 Å². The minimum atomic E-state index is -4.17. The van der Waals surface area contributed by atoms with Crippen molar-refractivity contribution in [1.29, 1.82) is 0 Å². The predicted octanol–water partition coefficient (Wildman–Crippen LogP) is 7.28. The number of benzene rings is 4. The zero-order valence-electron chi connectivity index (χ0n) is 23.2. The monoisotopic (exact) mass is 738 g/mol. The molecule has 2 atom stereocenters. The van der Waals surface area contributed by atoms with Gasteiger partial charge in [-0.2, -0.15) is 0 Å². The van der Waals surface area contributed by atoms with E-state index in [0.717, 1.165) is 0 Å². The van der Waals surface area contributed by atoms with Gasteiger partial charge in [-0.05, 0) is 72.8 Å². The summed E-state index contributed by atoms with van der Waals surface area (Å²) in [6.07, 6.45) is 0. The number of halogens is 4. The van der Waals surface area contributed by atoms with Crippen molar-refractivity contribution in [2.75, 3.05) is 20.1 Å². The minimum absolute atomic E-state index is 0.0901. The van der Waals surface area contributed by atoms with Crippen molar-refractivity contribution in [1.82, 2.24) is 0 Å². The van der Waals surface area contributed by atoms with Gasteiger partial charge in [0.25, 0.3) is 20.0 Å². The molecule has 4 N–H and O–H groups in total. The minimum Gasteiger partial charge on any atom is -0.325 e. The molecule has 5 rings (SSSR count). The fraction of sp³-hybridized carbons (Fsp3) is 0.0667. The fourth-order valence-corrected chi connectivity index (χ4v) is 8.03. The second-order valence-electron chi connectivity index (χ2n) is 10.0. The van der Waals surface area contributed by atoms with Gasteiger partial charge in [0.15, 0.2) is 0 Å². The molecule has 16 heteroatoms. The molecular formula is C30H22Cl4N4O6S2. The molecule has 10 nitrogen and oxygen atoms in total. The summed E-state index contributed by atoms with van der Waals surface area (Å²) in [4.78, 5) is 25.6. The Hall–Kier alpha value is -3.78. The average molecular weight is 740 g/mol. The van der Waals surface area contributed by atoms with Crippen LogP contribution in [-0.2, 0) is 29.6 Å². The molecule has 238 valence electrons. The molecule has 2 amide bonds. The van der Waals surface area contributed by atoms with Gasteiger partial charge in [-0.3, -0.25) is 19.0 Å². The molecule has 0 aromatic heterocycles. The van der Waals surface area contributed by atoms with Crippen LogP contribution in [0, 0.1) is 11.8 Å². The molecule has 0 saturated heterocycles. The van der Waals surface area contributed by atoms with Crippen molar-refractivity contribution < 1.29 is 26.4 Å². The van der Waals surface area contributed by atoms with E-state index in [1.165, 1.54) is 60.7 Å². The molecule has 4 aromatic rings. The molecular weight excluding hydrogens is 718 g/mol. The lowest BCUT2D eigenvalue weighted by atomic mass is 10.2. The van der Waals surface area contributed by atoms with E-state index in [2.05, 4.69) is 26.7 Å². The summed E-state index contributed by atoms with van der Waals surface area (Å²) in [5, 5.41) is 5.65. The smallest absolute Gasteiger partial charge is 0.263 e. The van der Waals surface area contributed by atoms with Crippen molar-refractivity contribution in [3.05, 3.63) is 117 Å². The Kier molecular flexibility index (Phi) is 9.60. The van der Waals surface area contributed by atoms with E-state index >= 15 is 0 Å². The number of rotatable bonds is 10. The Morgan fingerprint density at radius 3 is 1.33 bits per heavy atom. The van der Waals surface area contributed by atoms with E-state index in [-0.39, 0.29) is 42.6 Å². The topological polar surface area (TPSA) is 151 Å². The first-order valence-corrected chi connectivity index (χ1v) is 17.6. The van der Waals surface area contributed by atoms with E-state index in [1.807, 2.05) is 0 Å². The number of sulfonamides is 2. The first-order valence-electron chi connectivity index (χ1n) is 13.1. The van der Waals surface area contributed by atoms with Crippen molar-refractivity contribution in [2.45, 2.75) is 9.79 Å². The molecule has 0 bridgehead atoms. The number of carbonyl (C=O) groups excluding carboxylic acids is 2. The number of carbonyl (C=O) groups is 2. The van der Waals surface area contributed by atoms with E-state index in [9.17, 15) is 26.4 Å². The van der Waals surface area contributed by atoms with Gasteiger partial charge in [0, 0.05) is 21.4 Å². The number of amides is 2. The third kappa shape index (κ3) is 7.60. The number of anilines is 4. The lowest BCUT2D eigenvalue weighted by Crippen LogP contribution is -2.21. The van der Waals surface area contributed by atoms with E-state index in [1.54, 1.807) is 24.3 Å². The standard InChI is InChI=1S/C30H22Cl4N4O6S2/c1-16-27(29(39)35-19-8-10-23(33)25(14-19)45(41,42)37-21-6-2-4-17(31)12-21)28(16)30(40)36-20-9-11-24(34)26(15-20)46(43,44)38-22-7-3-5-18(32)13-22/h2-15,27-28,37-38H,1H2,(H,35,39)(H,36,40).